The van der Waals surface area contributed by atoms with Gasteiger partial charge < -0.3 is 4.74 Å². The largest absolute Gasteiger partial charge is 0.466 e. The van der Waals surface area contributed by atoms with Crippen LogP contribution in [0.2, 0.25) is 0 Å². The minimum Gasteiger partial charge on any atom is -0.466 e. The lowest BCUT2D eigenvalue weighted by Gasteiger charge is -2.29. The van der Waals surface area contributed by atoms with E-state index in [0.717, 1.165) is 15.9 Å². The van der Waals surface area contributed by atoms with E-state index >= 15 is 0 Å². The Morgan fingerprint density at radius 1 is 0.778 bits per heavy atom. The van der Waals surface area contributed by atoms with Gasteiger partial charge in [-0.05, 0) is 29.7 Å². The summed E-state index contributed by atoms with van der Waals surface area (Å²) in [6.07, 6.45) is 0. The van der Waals surface area contributed by atoms with Crippen molar-refractivity contribution in [1.82, 2.24) is 0 Å². The molecule has 3 nitrogen and oxygen atoms in total. The molecule has 3 aromatic carbocycles. The third-order valence-corrected chi connectivity index (χ3v) is 8.46. The summed E-state index contributed by atoms with van der Waals surface area (Å²) >= 11 is 0. The first-order valence-corrected chi connectivity index (χ1v) is 10.5. The summed E-state index contributed by atoms with van der Waals surface area (Å²) in [4.78, 5) is 24.9. The summed E-state index contributed by atoms with van der Waals surface area (Å²) in [7, 11) is 1.38. The molecule has 0 saturated heterocycles. The van der Waals surface area contributed by atoms with Gasteiger partial charge in [0.15, 0.2) is 5.78 Å². The topological polar surface area (TPSA) is 43.4 Å². The number of Topliss-reactive ketones (excluding diaryl/α,β-unsaturated/α-hetero) is 1. The average Bonchev–Trinajstić information content (AvgIpc) is 2.73. The smallest absolute Gasteiger partial charge is 0.331 e. The number of ether oxygens (including phenoxy) is 1. The second-order valence-corrected chi connectivity index (χ2v) is 9.34. The molecule has 0 amide bonds. The van der Waals surface area contributed by atoms with E-state index in [0.29, 0.717) is 5.56 Å². The van der Waals surface area contributed by atoms with Gasteiger partial charge in [-0.1, -0.05) is 84.9 Å². The van der Waals surface area contributed by atoms with Crippen molar-refractivity contribution in [3.05, 3.63) is 90.5 Å². The maximum atomic E-state index is 12.5. The van der Waals surface area contributed by atoms with E-state index in [1.807, 2.05) is 84.9 Å². The predicted octanol–water partition coefficient (Wildman–Crippen LogP) is 3.16. The highest BCUT2D eigenvalue weighted by atomic mass is 31.2. The number of methoxy groups -OCH3 is 1. The summed E-state index contributed by atoms with van der Waals surface area (Å²) in [6.45, 7) is -0.981. The fourth-order valence-electron chi connectivity index (χ4n) is 3.26. The van der Waals surface area contributed by atoms with Crippen molar-refractivity contribution in [3.8, 4) is 0 Å². The van der Waals surface area contributed by atoms with Gasteiger partial charge in [-0.2, -0.15) is 0 Å². The standard InChI is InChI=1S/C23H21O3P/c1-18(24)21-15-9-10-16-22(21)27(17-23(25)26-2,19-11-5-3-6-12-19)20-13-7-4-8-14-20/h3-17H,1-2H3. The Morgan fingerprint density at radius 3 is 1.74 bits per heavy atom. The van der Waals surface area contributed by atoms with E-state index in [-0.39, 0.29) is 5.78 Å². The molecule has 3 rings (SSSR count). The molecule has 0 unspecified atom stereocenters. The van der Waals surface area contributed by atoms with E-state index in [4.69, 9.17) is 4.74 Å². The lowest BCUT2D eigenvalue weighted by Crippen LogP contribution is -2.31. The van der Waals surface area contributed by atoms with Gasteiger partial charge in [0.2, 0.25) is 0 Å². The summed E-state index contributed by atoms with van der Waals surface area (Å²) in [5, 5.41) is 2.85. The molecule has 0 radical (unpaired) electrons. The van der Waals surface area contributed by atoms with Crippen LogP contribution in [0.15, 0.2) is 84.9 Å². The molecule has 0 aromatic heterocycles. The van der Waals surface area contributed by atoms with Crippen molar-refractivity contribution < 1.29 is 14.3 Å². The second kappa shape index (κ2) is 8.20. The Balaban J connectivity index is 2.52. The molecule has 0 spiro atoms. The van der Waals surface area contributed by atoms with E-state index in [2.05, 4.69) is 0 Å². The molecule has 4 heteroatoms. The van der Waals surface area contributed by atoms with E-state index < -0.39 is 12.9 Å². The first-order valence-electron chi connectivity index (χ1n) is 8.64. The third-order valence-electron chi connectivity index (χ3n) is 4.49. The predicted molar refractivity (Wildman–Crippen MR) is 113 cm³/mol. The highest BCUT2D eigenvalue weighted by molar-refractivity contribution is 7.95. The minimum atomic E-state index is -2.54. The lowest BCUT2D eigenvalue weighted by molar-refractivity contribution is -0.132. The van der Waals surface area contributed by atoms with Gasteiger partial charge in [-0.25, -0.2) is 4.79 Å². The summed E-state index contributed by atoms with van der Waals surface area (Å²) in [6, 6.07) is 27.3. The zero-order valence-electron chi connectivity index (χ0n) is 15.3. The Bertz CT molecular complexity index is 965. The third kappa shape index (κ3) is 3.65. The number of carbonyl (C=O) groups is 2. The van der Waals surface area contributed by atoms with Crippen LogP contribution in [0.5, 0.6) is 0 Å². The molecule has 0 aliphatic carbocycles. The molecule has 27 heavy (non-hydrogen) atoms. The van der Waals surface area contributed by atoms with Crippen LogP contribution in [0.1, 0.15) is 17.3 Å². The number of benzene rings is 3. The highest BCUT2D eigenvalue weighted by Gasteiger charge is 2.29. The maximum absolute atomic E-state index is 12.5. The molecule has 0 heterocycles. The van der Waals surface area contributed by atoms with Crippen molar-refractivity contribution in [3.63, 3.8) is 0 Å². The van der Waals surface area contributed by atoms with Crippen molar-refractivity contribution in [1.29, 1.82) is 0 Å². The Morgan fingerprint density at radius 2 is 1.26 bits per heavy atom. The van der Waals surface area contributed by atoms with E-state index in [1.165, 1.54) is 7.11 Å². The van der Waals surface area contributed by atoms with Crippen molar-refractivity contribution in [2.24, 2.45) is 0 Å². The van der Waals surface area contributed by atoms with Gasteiger partial charge in [-0.15, -0.1) is 0 Å². The number of carbonyl (C=O) groups excluding carboxylic acids is 2. The zero-order chi connectivity index (χ0) is 19.3. The van der Waals surface area contributed by atoms with Crippen molar-refractivity contribution in [2.45, 2.75) is 6.92 Å². The normalized spacial score (nSPS) is 10.9. The van der Waals surface area contributed by atoms with Crippen molar-refractivity contribution in [2.75, 3.05) is 7.11 Å². The van der Waals surface area contributed by atoms with Gasteiger partial charge in [0, 0.05) is 11.4 Å². The molecule has 0 atom stereocenters. The van der Waals surface area contributed by atoms with Crippen molar-refractivity contribution >= 4 is 40.3 Å². The minimum absolute atomic E-state index is 0.0277. The molecule has 136 valence electrons. The highest BCUT2D eigenvalue weighted by Crippen LogP contribution is 2.44. The van der Waals surface area contributed by atoms with Crippen LogP contribution >= 0.6 is 6.89 Å². The number of hydrogen-bond donors (Lipinski definition) is 0. The van der Waals surface area contributed by atoms with Gasteiger partial charge >= 0.3 is 5.97 Å². The van der Waals surface area contributed by atoms with Crippen LogP contribution in [0.3, 0.4) is 0 Å². The molecule has 0 fully saturated rings. The molecule has 0 N–H and O–H groups in total. The first kappa shape index (κ1) is 18.9. The quantitative estimate of drug-likeness (QED) is 0.390. The van der Waals surface area contributed by atoms with Crippen LogP contribution in [0.4, 0.5) is 0 Å². The monoisotopic (exact) mass is 376 g/mol. The number of hydrogen-bond acceptors (Lipinski definition) is 3. The number of ketones is 1. The molecule has 0 aliphatic rings. The van der Waals surface area contributed by atoms with Crippen LogP contribution in [0, 0.1) is 0 Å². The van der Waals surface area contributed by atoms with E-state index in [9.17, 15) is 9.59 Å². The maximum Gasteiger partial charge on any atom is 0.331 e. The second-order valence-electron chi connectivity index (χ2n) is 6.12. The fourth-order valence-corrected chi connectivity index (χ4v) is 7.19. The first-order chi connectivity index (χ1) is 13.1. The Kier molecular flexibility index (Phi) is 5.73. The Labute approximate surface area is 159 Å². The van der Waals surface area contributed by atoms with Crippen LogP contribution in [-0.2, 0) is 9.53 Å². The average molecular weight is 376 g/mol. The van der Waals surface area contributed by atoms with Crippen LogP contribution in [0.25, 0.3) is 0 Å². The molecular weight excluding hydrogens is 355 g/mol. The molecule has 0 aliphatic heterocycles. The van der Waals surface area contributed by atoms with Gasteiger partial charge in [-0.3, -0.25) is 4.79 Å². The van der Waals surface area contributed by atoms with Crippen LogP contribution in [-0.4, -0.2) is 24.7 Å². The Hall–Kier alpha value is -2.90. The van der Waals surface area contributed by atoms with Gasteiger partial charge in [0.25, 0.3) is 0 Å². The van der Waals surface area contributed by atoms with Gasteiger partial charge in [0.1, 0.15) is 0 Å². The number of rotatable bonds is 5. The van der Waals surface area contributed by atoms with Crippen LogP contribution < -0.4 is 15.9 Å². The summed E-state index contributed by atoms with van der Waals surface area (Å²) in [5.74, 6) is 1.23. The molecule has 3 aromatic rings. The summed E-state index contributed by atoms with van der Waals surface area (Å²) < 4.78 is 5.02. The lowest BCUT2D eigenvalue weighted by atomic mass is 10.1. The zero-order valence-corrected chi connectivity index (χ0v) is 16.2. The SMILES string of the molecule is COC(=O)C=P(c1ccccc1)(c1ccccc1)c1ccccc1C(C)=O. The molecule has 0 bridgehead atoms. The molecular formula is C23H21O3P. The van der Waals surface area contributed by atoms with Gasteiger partial charge in [0.05, 0.1) is 7.11 Å². The fraction of sp³-hybridized carbons (Fsp3) is 0.0870. The number of esters is 1. The summed E-state index contributed by atoms with van der Waals surface area (Å²) in [5.41, 5.74) is 0.624. The molecule has 0 saturated carbocycles. The van der Waals surface area contributed by atoms with E-state index in [1.54, 1.807) is 12.7 Å².